The van der Waals surface area contributed by atoms with E-state index in [0.717, 1.165) is 32.1 Å². The van der Waals surface area contributed by atoms with Crippen molar-refractivity contribution in [2.45, 2.75) is 44.6 Å². The molecule has 3 aromatic rings. The van der Waals surface area contributed by atoms with E-state index in [1.165, 1.54) is 25.6 Å². The van der Waals surface area contributed by atoms with Crippen molar-refractivity contribution >= 4 is 46.1 Å². The maximum atomic E-state index is 13.5. The highest BCUT2D eigenvalue weighted by Gasteiger charge is 2.22. The fraction of sp³-hybridized carbons (Fsp3) is 0.409. The second kappa shape index (κ2) is 10.0. The number of halogens is 2. The molecule has 0 bridgehead atoms. The SMILES string of the molecule is COC(=O)CC[C@H]1CC[C@H](Nc2ncc3ncnc(Nc4ccc(F)c(Cl)c4)c3n2)CC1. The Balaban J connectivity index is 1.43. The summed E-state index contributed by atoms with van der Waals surface area (Å²) in [5.41, 5.74) is 1.74. The number of nitrogens with zero attached hydrogens (tertiary/aromatic N) is 4. The third-order valence-electron chi connectivity index (χ3n) is 5.72. The lowest BCUT2D eigenvalue weighted by Crippen LogP contribution is -2.27. The first-order valence-electron chi connectivity index (χ1n) is 10.5. The molecule has 0 radical (unpaired) electrons. The maximum Gasteiger partial charge on any atom is 0.305 e. The monoisotopic (exact) mass is 458 g/mol. The minimum Gasteiger partial charge on any atom is -0.469 e. The smallest absolute Gasteiger partial charge is 0.305 e. The van der Waals surface area contributed by atoms with Gasteiger partial charge in [0.05, 0.1) is 18.3 Å². The van der Waals surface area contributed by atoms with Crippen LogP contribution in [-0.4, -0.2) is 39.1 Å². The molecule has 0 spiro atoms. The number of methoxy groups -OCH3 is 1. The van der Waals surface area contributed by atoms with Crippen molar-refractivity contribution in [2.75, 3.05) is 17.7 Å². The van der Waals surface area contributed by atoms with E-state index in [1.807, 2.05) is 0 Å². The molecule has 1 aliphatic rings. The Morgan fingerprint density at radius 1 is 1.22 bits per heavy atom. The number of benzene rings is 1. The molecule has 0 aliphatic heterocycles. The summed E-state index contributed by atoms with van der Waals surface area (Å²) in [4.78, 5) is 28.9. The Hall–Kier alpha value is -3.07. The summed E-state index contributed by atoms with van der Waals surface area (Å²) in [6.45, 7) is 0. The minimum atomic E-state index is -0.487. The summed E-state index contributed by atoms with van der Waals surface area (Å²) in [5, 5.41) is 6.55. The van der Waals surface area contributed by atoms with Gasteiger partial charge in [0, 0.05) is 18.2 Å². The number of anilines is 3. The number of carbonyl (C=O) groups is 1. The quantitative estimate of drug-likeness (QED) is 0.483. The Morgan fingerprint density at radius 2 is 2.03 bits per heavy atom. The third kappa shape index (κ3) is 5.40. The van der Waals surface area contributed by atoms with Gasteiger partial charge in [-0.05, 0) is 56.2 Å². The maximum absolute atomic E-state index is 13.5. The van der Waals surface area contributed by atoms with E-state index in [9.17, 15) is 9.18 Å². The molecule has 0 saturated heterocycles. The Labute approximate surface area is 190 Å². The van der Waals surface area contributed by atoms with Gasteiger partial charge in [-0.1, -0.05) is 11.6 Å². The van der Waals surface area contributed by atoms with E-state index in [2.05, 4.69) is 30.6 Å². The van der Waals surface area contributed by atoms with Crippen LogP contribution in [0, 0.1) is 11.7 Å². The number of fused-ring (bicyclic) bond motifs is 1. The summed E-state index contributed by atoms with van der Waals surface area (Å²) in [6.07, 6.45) is 8.47. The standard InChI is InChI=1S/C22H24ClFN6O2/c1-32-19(31)9-4-13-2-5-14(6-3-13)29-22-25-11-18-20(30-22)21(27-12-26-18)28-15-7-8-17(24)16(23)10-15/h7-8,10-14H,2-6,9H2,1H3,(H,25,29,30)(H,26,27,28)/t13-,14-. The zero-order valence-electron chi connectivity index (χ0n) is 17.6. The van der Waals surface area contributed by atoms with E-state index < -0.39 is 5.82 Å². The molecule has 168 valence electrons. The predicted molar refractivity (Wildman–Crippen MR) is 120 cm³/mol. The highest BCUT2D eigenvalue weighted by atomic mass is 35.5. The van der Waals surface area contributed by atoms with Gasteiger partial charge in [0.2, 0.25) is 5.95 Å². The van der Waals surface area contributed by atoms with Crippen molar-refractivity contribution in [1.29, 1.82) is 0 Å². The molecular weight excluding hydrogens is 435 g/mol. The Kier molecular flexibility index (Phi) is 6.94. The van der Waals surface area contributed by atoms with Gasteiger partial charge in [-0.15, -0.1) is 0 Å². The Bertz CT molecular complexity index is 1110. The fourth-order valence-corrected chi connectivity index (χ4v) is 4.11. The van der Waals surface area contributed by atoms with Crippen molar-refractivity contribution in [3.63, 3.8) is 0 Å². The fourth-order valence-electron chi connectivity index (χ4n) is 3.93. The average Bonchev–Trinajstić information content (AvgIpc) is 2.81. The molecule has 1 aliphatic carbocycles. The van der Waals surface area contributed by atoms with Crippen LogP contribution in [0.4, 0.5) is 21.8 Å². The molecule has 2 N–H and O–H groups in total. The number of aromatic nitrogens is 4. The molecular formula is C22H24ClFN6O2. The molecule has 10 heteroatoms. The second-order valence-corrected chi connectivity index (χ2v) is 8.29. The van der Waals surface area contributed by atoms with E-state index in [4.69, 9.17) is 16.3 Å². The predicted octanol–water partition coefficient (Wildman–Crippen LogP) is 4.88. The molecule has 1 fully saturated rings. The van der Waals surface area contributed by atoms with E-state index in [0.29, 0.717) is 40.8 Å². The van der Waals surface area contributed by atoms with Gasteiger partial charge in [-0.25, -0.2) is 24.3 Å². The van der Waals surface area contributed by atoms with Crippen LogP contribution in [0.25, 0.3) is 11.0 Å². The topological polar surface area (TPSA) is 102 Å². The van der Waals surface area contributed by atoms with Crippen LogP contribution in [0.3, 0.4) is 0 Å². The van der Waals surface area contributed by atoms with Gasteiger partial charge in [-0.2, -0.15) is 0 Å². The average molecular weight is 459 g/mol. The van der Waals surface area contributed by atoms with Gasteiger partial charge in [0.25, 0.3) is 0 Å². The number of hydrogen-bond acceptors (Lipinski definition) is 8. The number of ether oxygens (including phenoxy) is 1. The van der Waals surface area contributed by atoms with Gasteiger partial charge in [0.15, 0.2) is 5.82 Å². The number of nitrogens with one attached hydrogen (secondary N) is 2. The number of rotatable bonds is 7. The highest BCUT2D eigenvalue weighted by Crippen LogP contribution is 2.30. The molecule has 1 aromatic carbocycles. The molecule has 0 atom stereocenters. The van der Waals surface area contributed by atoms with Crippen LogP contribution in [0.5, 0.6) is 0 Å². The van der Waals surface area contributed by atoms with E-state index in [1.54, 1.807) is 12.3 Å². The zero-order valence-corrected chi connectivity index (χ0v) is 18.4. The Morgan fingerprint density at radius 3 is 2.78 bits per heavy atom. The molecule has 8 nitrogen and oxygen atoms in total. The van der Waals surface area contributed by atoms with E-state index in [-0.39, 0.29) is 17.0 Å². The molecule has 4 rings (SSSR count). The lowest BCUT2D eigenvalue weighted by atomic mass is 9.83. The summed E-state index contributed by atoms with van der Waals surface area (Å²) in [6, 6.07) is 4.62. The largest absolute Gasteiger partial charge is 0.469 e. The van der Waals surface area contributed by atoms with Crippen molar-refractivity contribution in [3.05, 3.63) is 41.6 Å². The normalized spacial score (nSPS) is 18.3. The van der Waals surface area contributed by atoms with Crippen molar-refractivity contribution < 1.29 is 13.9 Å². The number of carbonyl (C=O) groups excluding carboxylic acids is 1. The van der Waals surface area contributed by atoms with Crippen LogP contribution < -0.4 is 10.6 Å². The first-order valence-corrected chi connectivity index (χ1v) is 10.9. The van der Waals surface area contributed by atoms with Crippen LogP contribution in [0.2, 0.25) is 5.02 Å². The number of hydrogen-bond donors (Lipinski definition) is 2. The molecule has 1 saturated carbocycles. The highest BCUT2D eigenvalue weighted by molar-refractivity contribution is 6.31. The molecule has 2 heterocycles. The van der Waals surface area contributed by atoms with Crippen LogP contribution in [0.1, 0.15) is 38.5 Å². The minimum absolute atomic E-state index is 0.0209. The van der Waals surface area contributed by atoms with Crippen molar-refractivity contribution in [1.82, 2.24) is 19.9 Å². The summed E-state index contributed by atoms with van der Waals surface area (Å²) < 4.78 is 18.2. The lowest BCUT2D eigenvalue weighted by Gasteiger charge is -2.29. The summed E-state index contributed by atoms with van der Waals surface area (Å²) in [5.74, 6) is 0.888. The van der Waals surface area contributed by atoms with Crippen LogP contribution in [-0.2, 0) is 9.53 Å². The van der Waals surface area contributed by atoms with E-state index >= 15 is 0 Å². The van der Waals surface area contributed by atoms with Crippen molar-refractivity contribution in [2.24, 2.45) is 5.92 Å². The first kappa shape index (κ1) is 22.1. The summed E-state index contributed by atoms with van der Waals surface area (Å²) >= 11 is 5.88. The van der Waals surface area contributed by atoms with Gasteiger partial charge < -0.3 is 15.4 Å². The third-order valence-corrected chi connectivity index (χ3v) is 6.01. The van der Waals surface area contributed by atoms with Crippen LogP contribution in [0.15, 0.2) is 30.7 Å². The lowest BCUT2D eigenvalue weighted by molar-refractivity contribution is -0.141. The van der Waals surface area contributed by atoms with Crippen molar-refractivity contribution in [3.8, 4) is 0 Å². The van der Waals surface area contributed by atoms with Gasteiger partial charge in [-0.3, -0.25) is 4.79 Å². The molecule has 32 heavy (non-hydrogen) atoms. The zero-order chi connectivity index (χ0) is 22.5. The molecule has 2 aromatic heterocycles. The second-order valence-electron chi connectivity index (χ2n) is 7.88. The molecule has 0 unspecified atom stereocenters. The van der Waals surface area contributed by atoms with Crippen LogP contribution >= 0.6 is 11.6 Å². The number of esters is 1. The molecule has 0 amide bonds. The summed E-state index contributed by atoms with van der Waals surface area (Å²) in [7, 11) is 1.42. The van der Waals surface area contributed by atoms with Gasteiger partial charge >= 0.3 is 5.97 Å². The van der Waals surface area contributed by atoms with Gasteiger partial charge in [0.1, 0.15) is 23.2 Å². The first-order chi connectivity index (χ1) is 15.5.